The van der Waals surface area contributed by atoms with Crippen molar-refractivity contribution in [2.45, 2.75) is 19.4 Å². The molecule has 2 N–H and O–H groups in total. The van der Waals surface area contributed by atoms with Crippen LogP contribution in [0.15, 0.2) is 30.3 Å². The largest absolute Gasteiger partial charge is 0.393 e. The van der Waals surface area contributed by atoms with E-state index in [1.54, 1.807) is 11.9 Å². The Hall–Kier alpha value is -1.46. The number of amides is 1. The maximum atomic E-state index is 11.7. The van der Waals surface area contributed by atoms with Gasteiger partial charge in [0.25, 0.3) is 0 Å². The van der Waals surface area contributed by atoms with Gasteiger partial charge in [0.05, 0.1) is 24.6 Å². The second-order valence-electron chi connectivity index (χ2n) is 4.32. The van der Waals surface area contributed by atoms with Crippen LogP contribution < -0.4 is 5.73 Å². The zero-order valence-electron chi connectivity index (χ0n) is 11.2. The molecule has 1 rings (SSSR count). The number of ether oxygens (including phenoxy) is 1. The maximum Gasteiger partial charge on any atom is 0.224 e. The van der Waals surface area contributed by atoms with Crippen molar-refractivity contribution in [2.24, 2.45) is 5.73 Å². The molecule has 0 spiro atoms. The van der Waals surface area contributed by atoms with Crippen LogP contribution >= 0.6 is 12.2 Å². The number of carbonyl (C=O) groups excluding carboxylic acids is 1. The number of carbonyl (C=O) groups is 1. The first-order valence-corrected chi connectivity index (χ1v) is 6.64. The first-order chi connectivity index (χ1) is 9.09. The van der Waals surface area contributed by atoms with Crippen LogP contribution in [0.1, 0.15) is 18.4 Å². The fourth-order valence-electron chi connectivity index (χ4n) is 1.52. The molecule has 1 amide bonds. The minimum absolute atomic E-state index is 0.0457. The second kappa shape index (κ2) is 8.61. The SMILES string of the molecule is CN(CCC(N)=S)C(=O)CCOCc1ccccc1. The molecule has 0 atom stereocenters. The van der Waals surface area contributed by atoms with E-state index in [-0.39, 0.29) is 5.91 Å². The molecule has 0 saturated heterocycles. The summed E-state index contributed by atoms with van der Waals surface area (Å²) in [5, 5.41) is 0. The van der Waals surface area contributed by atoms with E-state index in [2.05, 4.69) is 0 Å². The van der Waals surface area contributed by atoms with Crippen LogP contribution in [0.4, 0.5) is 0 Å². The summed E-state index contributed by atoms with van der Waals surface area (Å²) >= 11 is 4.78. The molecule has 1 aromatic carbocycles. The molecule has 5 heteroatoms. The van der Waals surface area contributed by atoms with Gasteiger partial charge in [0, 0.05) is 20.0 Å². The summed E-state index contributed by atoms with van der Waals surface area (Å²) in [5.41, 5.74) is 6.50. The van der Waals surface area contributed by atoms with Gasteiger partial charge in [0.2, 0.25) is 5.91 Å². The Bertz CT molecular complexity index is 409. The predicted molar refractivity (Wildman–Crippen MR) is 79.8 cm³/mol. The smallest absolute Gasteiger partial charge is 0.224 e. The summed E-state index contributed by atoms with van der Waals surface area (Å²) in [6.45, 7) is 1.52. The summed E-state index contributed by atoms with van der Waals surface area (Å²) in [7, 11) is 1.75. The predicted octanol–water partition coefficient (Wildman–Crippen LogP) is 1.73. The molecule has 0 aliphatic rings. The van der Waals surface area contributed by atoms with Crippen LogP contribution in [-0.2, 0) is 16.1 Å². The van der Waals surface area contributed by atoms with Crippen molar-refractivity contribution in [1.82, 2.24) is 4.90 Å². The average molecular weight is 280 g/mol. The Kier molecular flexibility index (Phi) is 7.07. The molecule has 104 valence electrons. The number of hydrogen-bond acceptors (Lipinski definition) is 3. The molecule has 0 aromatic heterocycles. The van der Waals surface area contributed by atoms with Crippen LogP contribution in [0, 0.1) is 0 Å². The number of rotatable bonds is 8. The monoisotopic (exact) mass is 280 g/mol. The fraction of sp³-hybridized carbons (Fsp3) is 0.429. The lowest BCUT2D eigenvalue weighted by molar-refractivity contribution is -0.131. The molecule has 1 aromatic rings. The van der Waals surface area contributed by atoms with Crippen LogP contribution in [0.2, 0.25) is 0 Å². The molecule has 0 fully saturated rings. The van der Waals surface area contributed by atoms with Crippen molar-refractivity contribution < 1.29 is 9.53 Å². The van der Waals surface area contributed by atoms with Gasteiger partial charge < -0.3 is 15.4 Å². The van der Waals surface area contributed by atoms with Gasteiger partial charge in [0.1, 0.15) is 0 Å². The van der Waals surface area contributed by atoms with E-state index in [9.17, 15) is 4.79 Å². The highest BCUT2D eigenvalue weighted by Crippen LogP contribution is 2.01. The summed E-state index contributed by atoms with van der Waals surface area (Å²) in [4.78, 5) is 13.8. The van der Waals surface area contributed by atoms with Crippen molar-refractivity contribution in [3.05, 3.63) is 35.9 Å². The third-order valence-electron chi connectivity index (χ3n) is 2.69. The minimum Gasteiger partial charge on any atom is -0.393 e. The number of nitrogens with zero attached hydrogens (tertiary/aromatic N) is 1. The lowest BCUT2D eigenvalue weighted by atomic mass is 10.2. The molecule has 0 bridgehead atoms. The van der Waals surface area contributed by atoms with Crippen LogP contribution in [0.25, 0.3) is 0 Å². The topological polar surface area (TPSA) is 55.6 Å². The Labute approximate surface area is 119 Å². The Morgan fingerprint density at radius 3 is 2.63 bits per heavy atom. The fourth-order valence-corrected chi connectivity index (χ4v) is 1.61. The summed E-state index contributed by atoms with van der Waals surface area (Å²) < 4.78 is 5.47. The lowest BCUT2D eigenvalue weighted by Crippen LogP contribution is -2.30. The quantitative estimate of drug-likeness (QED) is 0.582. The molecule has 0 heterocycles. The molecular formula is C14H20N2O2S. The first kappa shape index (κ1) is 15.6. The minimum atomic E-state index is 0.0457. The van der Waals surface area contributed by atoms with Gasteiger partial charge in [-0.1, -0.05) is 42.5 Å². The summed E-state index contributed by atoms with van der Waals surface area (Å²) in [6.07, 6.45) is 0.934. The number of nitrogens with two attached hydrogens (primary N) is 1. The van der Waals surface area contributed by atoms with E-state index in [1.807, 2.05) is 30.3 Å². The van der Waals surface area contributed by atoms with Gasteiger partial charge in [-0.3, -0.25) is 4.79 Å². The van der Waals surface area contributed by atoms with Crippen LogP contribution in [0.5, 0.6) is 0 Å². The normalized spacial score (nSPS) is 10.2. The zero-order valence-corrected chi connectivity index (χ0v) is 12.0. The van der Waals surface area contributed by atoms with Gasteiger partial charge in [-0.2, -0.15) is 0 Å². The molecule has 0 radical (unpaired) electrons. The zero-order chi connectivity index (χ0) is 14.1. The van der Waals surface area contributed by atoms with E-state index in [4.69, 9.17) is 22.7 Å². The lowest BCUT2D eigenvalue weighted by Gasteiger charge is -2.16. The van der Waals surface area contributed by atoms with E-state index < -0.39 is 0 Å². The standard InChI is InChI=1S/C14H20N2O2S/c1-16(9-7-13(15)19)14(17)8-10-18-11-12-5-3-2-4-6-12/h2-6H,7-11H2,1H3,(H2,15,19). The van der Waals surface area contributed by atoms with Gasteiger partial charge in [0.15, 0.2) is 0 Å². The Morgan fingerprint density at radius 1 is 1.32 bits per heavy atom. The van der Waals surface area contributed by atoms with E-state index in [0.29, 0.717) is 37.6 Å². The molecule has 0 saturated carbocycles. The van der Waals surface area contributed by atoms with Crippen molar-refractivity contribution in [2.75, 3.05) is 20.2 Å². The molecular weight excluding hydrogens is 260 g/mol. The van der Waals surface area contributed by atoms with Gasteiger partial charge in [-0.25, -0.2) is 0 Å². The van der Waals surface area contributed by atoms with Crippen molar-refractivity contribution in [3.8, 4) is 0 Å². The summed E-state index contributed by atoms with van der Waals surface area (Å²) in [6, 6.07) is 9.89. The van der Waals surface area contributed by atoms with Crippen LogP contribution in [-0.4, -0.2) is 36.0 Å². The van der Waals surface area contributed by atoms with E-state index in [0.717, 1.165) is 5.56 Å². The number of hydrogen-bond donors (Lipinski definition) is 1. The van der Waals surface area contributed by atoms with Crippen molar-refractivity contribution >= 4 is 23.1 Å². The van der Waals surface area contributed by atoms with E-state index in [1.165, 1.54) is 0 Å². The first-order valence-electron chi connectivity index (χ1n) is 6.23. The highest BCUT2D eigenvalue weighted by Gasteiger charge is 2.08. The van der Waals surface area contributed by atoms with Gasteiger partial charge in [-0.05, 0) is 5.56 Å². The van der Waals surface area contributed by atoms with Gasteiger partial charge in [-0.15, -0.1) is 0 Å². The van der Waals surface area contributed by atoms with Crippen LogP contribution in [0.3, 0.4) is 0 Å². The molecule has 4 nitrogen and oxygen atoms in total. The van der Waals surface area contributed by atoms with E-state index >= 15 is 0 Å². The highest BCUT2D eigenvalue weighted by atomic mass is 32.1. The Morgan fingerprint density at radius 2 is 2.00 bits per heavy atom. The van der Waals surface area contributed by atoms with Gasteiger partial charge >= 0.3 is 0 Å². The molecule has 19 heavy (non-hydrogen) atoms. The second-order valence-corrected chi connectivity index (χ2v) is 4.84. The molecule has 0 unspecified atom stereocenters. The molecule has 0 aliphatic heterocycles. The Balaban J connectivity index is 2.15. The van der Waals surface area contributed by atoms with Crippen molar-refractivity contribution in [3.63, 3.8) is 0 Å². The highest BCUT2D eigenvalue weighted by molar-refractivity contribution is 7.80. The third kappa shape index (κ3) is 6.88. The third-order valence-corrected chi connectivity index (χ3v) is 2.90. The average Bonchev–Trinajstić information content (AvgIpc) is 2.41. The maximum absolute atomic E-state index is 11.7. The molecule has 0 aliphatic carbocycles. The van der Waals surface area contributed by atoms with Crippen molar-refractivity contribution in [1.29, 1.82) is 0 Å². The number of benzene rings is 1. The summed E-state index contributed by atoms with van der Waals surface area (Å²) in [5.74, 6) is 0.0457. The number of thiocarbonyl (C=S) groups is 1.